The molecule has 3 aromatic rings. The summed E-state index contributed by atoms with van der Waals surface area (Å²) >= 11 is 0. The first-order chi connectivity index (χ1) is 13.1. The van der Waals surface area contributed by atoms with E-state index in [2.05, 4.69) is 77.4 Å². The summed E-state index contributed by atoms with van der Waals surface area (Å²) in [5.74, 6) is 0. The fourth-order valence-electron chi connectivity index (χ4n) is 4.54. The zero-order valence-electron chi connectivity index (χ0n) is 16.0. The SMILES string of the molecule is CN(C)[C@]1(c2ccccc2)CCN(Cc2cccc3cnccc23)C[C@H]1O. The van der Waals surface area contributed by atoms with E-state index in [1.807, 2.05) is 18.5 Å². The van der Waals surface area contributed by atoms with Gasteiger partial charge in [-0.3, -0.25) is 14.8 Å². The maximum Gasteiger partial charge on any atom is 0.0892 e. The molecule has 0 amide bonds. The maximum atomic E-state index is 11.2. The average Bonchev–Trinajstić information content (AvgIpc) is 2.69. The highest BCUT2D eigenvalue weighted by molar-refractivity contribution is 5.84. The lowest BCUT2D eigenvalue weighted by atomic mass is 9.77. The third-order valence-corrected chi connectivity index (χ3v) is 6.03. The Balaban J connectivity index is 1.58. The van der Waals surface area contributed by atoms with Crippen LogP contribution in [0.15, 0.2) is 67.0 Å². The maximum absolute atomic E-state index is 11.2. The van der Waals surface area contributed by atoms with Gasteiger partial charge in [0.05, 0.1) is 11.6 Å². The Morgan fingerprint density at radius 1 is 1.11 bits per heavy atom. The molecule has 2 atom stereocenters. The van der Waals surface area contributed by atoms with Gasteiger partial charge in [0.15, 0.2) is 0 Å². The Labute approximate surface area is 161 Å². The van der Waals surface area contributed by atoms with Crippen molar-refractivity contribution in [1.29, 1.82) is 0 Å². The van der Waals surface area contributed by atoms with Gasteiger partial charge in [-0.1, -0.05) is 48.5 Å². The minimum atomic E-state index is -0.444. The Morgan fingerprint density at radius 3 is 2.67 bits per heavy atom. The number of aliphatic hydroxyl groups excluding tert-OH is 1. The summed E-state index contributed by atoms with van der Waals surface area (Å²) in [6.45, 7) is 2.46. The van der Waals surface area contributed by atoms with Gasteiger partial charge >= 0.3 is 0 Å². The highest BCUT2D eigenvalue weighted by atomic mass is 16.3. The molecule has 1 fully saturated rings. The second-order valence-corrected chi connectivity index (χ2v) is 7.70. The highest BCUT2D eigenvalue weighted by Crippen LogP contribution is 2.38. The molecule has 2 aromatic carbocycles. The number of fused-ring (bicyclic) bond motifs is 1. The number of nitrogens with zero attached hydrogens (tertiary/aromatic N) is 3. The Morgan fingerprint density at radius 2 is 1.93 bits per heavy atom. The van der Waals surface area contributed by atoms with E-state index in [1.165, 1.54) is 21.9 Å². The van der Waals surface area contributed by atoms with Crippen LogP contribution in [0.25, 0.3) is 10.8 Å². The molecule has 1 N–H and O–H groups in total. The van der Waals surface area contributed by atoms with Gasteiger partial charge in [0.1, 0.15) is 0 Å². The van der Waals surface area contributed by atoms with Crippen LogP contribution in [0.4, 0.5) is 0 Å². The molecule has 1 aliphatic heterocycles. The van der Waals surface area contributed by atoms with Crippen LogP contribution in [0.3, 0.4) is 0 Å². The lowest BCUT2D eigenvalue weighted by molar-refractivity contribution is -0.0702. The number of piperidine rings is 1. The first-order valence-electron chi connectivity index (χ1n) is 9.56. The molecule has 140 valence electrons. The highest BCUT2D eigenvalue weighted by Gasteiger charge is 2.45. The van der Waals surface area contributed by atoms with Gasteiger partial charge in [-0.15, -0.1) is 0 Å². The standard InChI is InChI=1S/C23H27N3O/c1-25(2)23(20-9-4-3-5-10-20)12-14-26(17-22(23)27)16-19-8-6-7-18-15-24-13-11-21(18)19/h3-11,13,15,22,27H,12,14,16-17H2,1-2H3/t22-,23+/m1/s1. The number of aliphatic hydroxyl groups is 1. The molecule has 0 saturated carbocycles. The molecular weight excluding hydrogens is 334 g/mol. The summed E-state index contributed by atoms with van der Waals surface area (Å²) in [7, 11) is 4.15. The van der Waals surface area contributed by atoms with Crippen LogP contribution in [0.5, 0.6) is 0 Å². The lowest BCUT2D eigenvalue weighted by Crippen LogP contribution is -2.59. The molecule has 0 spiro atoms. The zero-order chi connectivity index (χ0) is 18.9. The summed E-state index contributed by atoms with van der Waals surface area (Å²) < 4.78 is 0. The van der Waals surface area contributed by atoms with Crippen LogP contribution in [0.2, 0.25) is 0 Å². The van der Waals surface area contributed by atoms with E-state index in [1.54, 1.807) is 0 Å². The quantitative estimate of drug-likeness (QED) is 0.774. The number of likely N-dealkylation sites (tertiary alicyclic amines) is 1. The van der Waals surface area contributed by atoms with Crippen molar-refractivity contribution >= 4 is 10.8 Å². The zero-order valence-corrected chi connectivity index (χ0v) is 16.0. The molecule has 4 heteroatoms. The van der Waals surface area contributed by atoms with E-state index in [0.717, 1.165) is 19.5 Å². The molecule has 0 bridgehead atoms. The predicted molar refractivity (Wildman–Crippen MR) is 109 cm³/mol. The van der Waals surface area contributed by atoms with Crippen molar-refractivity contribution < 1.29 is 5.11 Å². The molecule has 0 radical (unpaired) electrons. The van der Waals surface area contributed by atoms with Crippen LogP contribution in [0.1, 0.15) is 17.5 Å². The molecule has 1 aliphatic rings. The smallest absolute Gasteiger partial charge is 0.0892 e. The Bertz CT molecular complexity index is 906. The van der Waals surface area contributed by atoms with E-state index < -0.39 is 6.10 Å². The van der Waals surface area contributed by atoms with Gasteiger partial charge in [-0.25, -0.2) is 0 Å². The molecular formula is C23H27N3O. The van der Waals surface area contributed by atoms with Gasteiger partial charge in [-0.05, 0) is 43.1 Å². The number of pyridine rings is 1. The van der Waals surface area contributed by atoms with Crippen molar-refractivity contribution in [3.8, 4) is 0 Å². The molecule has 2 heterocycles. The number of hydrogen-bond donors (Lipinski definition) is 1. The first kappa shape index (κ1) is 18.1. The van der Waals surface area contributed by atoms with E-state index in [4.69, 9.17) is 0 Å². The Hall–Kier alpha value is -2.27. The third-order valence-electron chi connectivity index (χ3n) is 6.03. The van der Waals surface area contributed by atoms with E-state index in [0.29, 0.717) is 6.54 Å². The number of aromatic nitrogens is 1. The summed E-state index contributed by atoms with van der Waals surface area (Å²) in [5, 5.41) is 13.6. The van der Waals surface area contributed by atoms with Crippen molar-refractivity contribution in [2.45, 2.75) is 24.6 Å². The van der Waals surface area contributed by atoms with Crippen molar-refractivity contribution in [3.05, 3.63) is 78.1 Å². The minimum absolute atomic E-state index is 0.333. The van der Waals surface area contributed by atoms with Crippen LogP contribution in [0, 0.1) is 0 Å². The molecule has 4 nitrogen and oxygen atoms in total. The van der Waals surface area contributed by atoms with Gasteiger partial charge in [0.25, 0.3) is 0 Å². The fraction of sp³-hybridized carbons (Fsp3) is 0.348. The van der Waals surface area contributed by atoms with Crippen molar-refractivity contribution in [3.63, 3.8) is 0 Å². The first-order valence-corrected chi connectivity index (χ1v) is 9.56. The van der Waals surface area contributed by atoms with E-state index in [-0.39, 0.29) is 5.54 Å². The van der Waals surface area contributed by atoms with E-state index in [9.17, 15) is 5.11 Å². The Kier molecular flexibility index (Phi) is 4.96. The lowest BCUT2D eigenvalue weighted by Gasteiger charge is -2.50. The number of β-amino-alcohol motifs (C(OH)–C–C–N with tert-alkyl or cyclic N) is 1. The molecule has 4 rings (SSSR count). The molecule has 0 unspecified atom stereocenters. The second kappa shape index (κ2) is 7.39. The largest absolute Gasteiger partial charge is 0.389 e. The van der Waals surface area contributed by atoms with Crippen LogP contribution >= 0.6 is 0 Å². The molecule has 0 aliphatic carbocycles. The summed E-state index contributed by atoms with van der Waals surface area (Å²) in [6.07, 6.45) is 4.22. The number of rotatable bonds is 4. The van der Waals surface area contributed by atoms with E-state index >= 15 is 0 Å². The summed E-state index contributed by atoms with van der Waals surface area (Å²) in [5.41, 5.74) is 2.15. The van der Waals surface area contributed by atoms with Crippen LogP contribution < -0.4 is 0 Å². The van der Waals surface area contributed by atoms with Gasteiger partial charge in [0.2, 0.25) is 0 Å². The van der Waals surface area contributed by atoms with Crippen LogP contribution in [-0.4, -0.2) is 53.2 Å². The van der Waals surface area contributed by atoms with Gasteiger partial charge < -0.3 is 5.11 Å². The van der Waals surface area contributed by atoms with Crippen molar-refractivity contribution in [2.75, 3.05) is 27.2 Å². The summed E-state index contributed by atoms with van der Waals surface area (Å²) in [4.78, 5) is 8.78. The third kappa shape index (κ3) is 3.25. The normalized spacial score (nSPS) is 23.8. The van der Waals surface area contributed by atoms with Crippen molar-refractivity contribution in [2.24, 2.45) is 0 Å². The van der Waals surface area contributed by atoms with Gasteiger partial charge in [-0.2, -0.15) is 0 Å². The van der Waals surface area contributed by atoms with Gasteiger partial charge in [0, 0.05) is 37.4 Å². The number of hydrogen-bond acceptors (Lipinski definition) is 4. The molecule has 1 aromatic heterocycles. The molecule has 1 saturated heterocycles. The number of benzene rings is 2. The fourth-order valence-corrected chi connectivity index (χ4v) is 4.54. The number of likely N-dealkylation sites (N-methyl/N-ethyl adjacent to an activating group) is 1. The predicted octanol–water partition coefficient (Wildman–Crippen LogP) is 3.26. The van der Waals surface area contributed by atoms with Crippen LogP contribution in [-0.2, 0) is 12.1 Å². The topological polar surface area (TPSA) is 39.6 Å². The average molecular weight is 361 g/mol. The molecule has 27 heavy (non-hydrogen) atoms. The minimum Gasteiger partial charge on any atom is -0.389 e. The summed E-state index contributed by atoms with van der Waals surface area (Å²) in [6, 6.07) is 18.9. The van der Waals surface area contributed by atoms with Crippen molar-refractivity contribution in [1.82, 2.24) is 14.8 Å². The second-order valence-electron chi connectivity index (χ2n) is 7.70. The monoisotopic (exact) mass is 361 g/mol.